The Morgan fingerprint density at radius 2 is 1.66 bits per heavy atom. The average Bonchev–Trinajstić information content (AvgIpc) is 3.16. The van der Waals surface area contributed by atoms with Gasteiger partial charge < -0.3 is 20.2 Å². The van der Waals surface area contributed by atoms with Crippen LogP contribution in [0.4, 0.5) is 27.6 Å². The van der Waals surface area contributed by atoms with Gasteiger partial charge >= 0.3 is 12.1 Å². The van der Waals surface area contributed by atoms with Gasteiger partial charge in [-0.25, -0.2) is 14.6 Å². The summed E-state index contributed by atoms with van der Waals surface area (Å²) in [5, 5.41) is 23.4. The third-order valence-corrected chi connectivity index (χ3v) is 8.91. The molecule has 13 nitrogen and oxygen atoms in total. The normalized spacial score (nSPS) is 14.4. The zero-order valence-electron chi connectivity index (χ0n) is 33.7. The van der Waals surface area contributed by atoms with Gasteiger partial charge in [0.25, 0.3) is 11.5 Å². The first kappa shape index (κ1) is 49.1. The maximum atomic E-state index is 14.4. The SMILES string of the molecule is C#C.CC.CCCC/C=C(\CCC)c1n[nH]c(CC)c(N2CCN(C(=O)c3ncnc(C)c3O)CC2)c(=O)n(CC(=O)NC(C)CC(C)C(F)(F)C(F)(F)F)[nH]1. The Balaban J connectivity index is 0.00000379. The minimum atomic E-state index is -5.74. The highest BCUT2D eigenvalue weighted by atomic mass is 19.4. The number of hydrogen-bond acceptors (Lipinski definition) is 8. The van der Waals surface area contributed by atoms with Crippen LogP contribution >= 0.6 is 0 Å². The average molecular weight is 800 g/mol. The van der Waals surface area contributed by atoms with Crippen LogP contribution in [0.25, 0.3) is 5.57 Å². The van der Waals surface area contributed by atoms with Crippen molar-refractivity contribution in [2.75, 3.05) is 31.1 Å². The van der Waals surface area contributed by atoms with E-state index in [4.69, 9.17) is 0 Å². The molecule has 0 spiro atoms. The number of amides is 2. The number of H-pyrrole nitrogens is 2. The molecule has 56 heavy (non-hydrogen) atoms. The molecular weight excluding hydrogens is 741 g/mol. The molecule has 0 bridgehead atoms. The Kier molecular flexibility index (Phi) is 20.3. The molecule has 1 aliphatic heterocycles. The number of carbonyl (C=O) groups excluding carboxylic acids is 2. The van der Waals surface area contributed by atoms with Crippen LogP contribution < -0.4 is 15.8 Å². The molecule has 2 amide bonds. The summed E-state index contributed by atoms with van der Waals surface area (Å²) in [6.45, 7) is 13.6. The Hall–Kier alpha value is -4.95. The minimum absolute atomic E-state index is 0.137. The molecule has 1 saturated heterocycles. The van der Waals surface area contributed by atoms with E-state index in [1.807, 2.05) is 33.8 Å². The number of alkyl halides is 5. The number of rotatable bonds is 15. The van der Waals surface area contributed by atoms with Crippen molar-refractivity contribution in [3.63, 3.8) is 0 Å². The Labute approximate surface area is 325 Å². The number of aromatic amines is 2. The molecule has 2 atom stereocenters. The molecule has 1 aliphatic rings. The second-order valence-corrected chi connectivity index (χ2v) is 13.0. The van der Waals surface area contributed by atoms with Crippen LogP contribution in [-0.2, 0) is 17.8 Å². The Bertz CT molecular complexity index is 1720. The fourth-order valence-corrected chi connectivity index (χ4v) is 5.92. The van der Waals surface area contributed by atoms with Gasteiger partial charge in [-0.05, 0) is 45.1 Å². The highest BCUT2D eigenvalue weighted by molar-refractivity contribution is 5.95. The van der Waals surface area contributed by atoms with Gasteiger partial charge in [-0.2, -0.15) is 27.1 Å². The van der Waals surface area contributed by atoms with E-state index in [0.29, 0.717) is 24.4 Å². The number of hydrogen-bond donors (Lipinski definition) is 4. The lowest BCUT2D eigenvalue weighted by Crippen LogP contribution is -2.51. The summed E-state index contributed by atoms with van der Waals surface area (Å²) in [7, 11) is 0. The summed E-state index contributed by atoms with van der Waals surface area (Å²) in [6.07, 6.45) is 9.09. The minimum Gasteiger partial charge on any atom is -0.504 e. The highest BCUT2D eigenvalue weighted by Crippen LogP contribution is 2.42. The van der Waals surface area contributed by atoms with Crippen molar-refractivity contribution in [3.8, 4) is 18.6 Å². The standard InChI is InChI=1S/C34H50F5N9O4.C2H6.C2H2/c1-7-10-11-13-24(12-8-2)30-44-43-25(9-3)28(46-14-16-47(17-15-46)31(51)27-29(50)23(6)40-20-41-27)32(52)48(45-30)19-26(49)42-22(5)18-21(4)33(35,36)34(37,38)39;2*1-2/h13,20-22,43,50H,7-12,14-19H2,1-6H3,(H,42,49)(H,44,45);1-2H3;1-2H/b24-13+,28-25?;;. The lowest BCUT2D eigenvalue weighted by atomic mass is 9.95. The van der Waals surface area contributed by atoms with E-state index in [2.05, 4.69) is 50.4 Å². The molecule has 3 heterocycles. The molecule has 2 aromatic heterocycles. The number of piperazine rings is 1. The second kappa shape index (κ2) is 23.2. The van der Waals surface area contributed by atoms with Crippen molar-refractivity contribution in [1.29, 1.82) is 0 Å². The van der Waals surface area contributed by atoms with Crippen LogP contribution in [0.2, 0.25) is 0 Å². The smallest absolute Gasteiger partial charge is 0.453 e. The van der Waals surface area contributed by atoms with Gasteiger partial charge in [-0.3, -0.25) is 24.6 Å². The van der Waals surface area contributed by atoms with E-state index in [0.717, 1.165) is 42.9 Å². The molecule has 0 radical (unpaired) electrons. The number of aromatic hydroxyl groups is 1. The largest absolute Gasteiger partial charge is 0.504 e. The van der Waals surface area contributed by atoms with Gasteiger partial charge in [0, 0.05) is 38.1 Å². The molecule has 4 N–H and O–H groups in total. The van der Waals surface area contributed by atoms with E-state index in [-0.39, 0.29) is 49.0 Å². The molecule has 0 aliphatic carbocycles. The number of allylic oxidation sites excluding steroid dienone is 2. The van der Waals surface area contributed by atoms with Crippen molar-refractivity contribution in [2.24, 2.45) is 5.92 Å². The molecule has 314 valence electrons. The molecule has 18 heteroatoms. The van der Waals surface area contributed by atoms with Crippen molar-refractivity contribution >= 4 is 23.1 Å². The van der Waals surface area contributed by atoms with Crippen LogP contribution in [-0.4, -0.2) is 96.1 Å². The first-order valence-electron chi connectivity index (χ1n) is 18.9. The third kappa shape index (κ3) is 13.1. The summed E-state index contributed by atoms with van der Waals surface area (Å²) >= 11 is 0. The van der Waals surface area contributed by atoms with Crippen LogP contribution in [0.15, 0.2) is 17.2 Å². The van der Waals surface area contributed by atoms with E-state index >= 15 is 0 Å². The monoisotopic (exact) mass is 799 g/mol. The summed E-state index contributed by atoms with van der Waals surface area (Å²) in [5.41, 5.74) is 0.915. The highest BCUT2D eigenvalue weighted by Gasteiger charge is 2.60. The zero-order valence-corrected chi connectivity index (χ0v) is 33.7. The molecule has 0 aromatic carbocycles. The van der Waals surface area contributed by atoms with E-state index < -0.39 is 54.4 Å². The first-order chi connectivity index (χ1) is 26.5. The number of terminal acetylenes is 1. The maximum Gasteiger partial charge on any atom is 0.453 e. The third-order valence-electron chi connectivity index (χ3n) is 8.91. The van der Waals surface area contributed by atoms with Gasteiger partial charge in [0.1, 0.15) is 18.6 Å². The van der Waals surface area contributed by atoms with Gasteiger partial charge in [-0.1, -0.05) is 66.9 Å². The molecule has 0 saturated carbocycles. The van der Waals surface area contributed by atoms with Crippen molar-refractivity contribution in [1.82, 2.24) is 40.2 Å². The number of anilines is 1. The fourth-order valence-electron chi connectivity index (χ4n) is 5.92. The number of halogens is 5. The molecule has 3 rings (SSSR count). The summed E-state index contributed by atoms with van der Waals surface area (Å²) in [4.78, 5) is 52.0. The maximum absolute atomic E-state index is 14.4. The summed E-state index contributed by atoms with van der Waals surface area (Å²) < 4.78 is 67.7. The Morgan fingerprint density at radius 1 is 1.04 bits per heavy atom. The summed E-state index contributed by atoms with van der Waals surface area (Å²) in [5.74, 6) is -8.38. The molecular formula is C38H58F5N9O4. The van der Waals surface area contributed by atoms with Crippen molar-refractivity contribution < 1.29 is 36.6 Å². The molecule has 2 unspecified atom stereocenters. The topological polar surface area (TPSA) is 165 Å². The van der Waals surface area contributed by atoms with E-state index in [1.165, 1.54) is 18.2 Å². The van der Waals surface area contributed by atoms with E-state index in [1.54, 1.807) is 11.8 Å². The van der Waals surface area contributed by atoms with E-state index in [9.17, 15) is 41.4 Å². The quantitative estimate of drug-likeness (QED) is 0.0875. The number of aromatic nitrogens is 6. The number of nitrogens with zero attached hydrogens (tertiary/aromatic N) is 6. The van der Waals surface area contributed by atoms with Crippen molar-refractivity contribution in [2.45, 2.75) is 125 Å². The number of carbonyl (C=O) groups is 2. The van der Waals surface area contributed by atoms with Gasteiger partial charge in [0.15, 0.2) is 17.3 Å². The van der Waals surface area contributed by atoms with Crippen LogP contribution in [0.3, 0.4) is 0 Å². The van der Waals surface area contributed by atoms with Crippen LogP contribution in [0, 0.1) is 25.7 Å². The molecule has 2 aromatic rings. The predicted molar refractivity (Wildman–Crippen MR) is 207 cm³/mol. The van der Waals surface area contributed by atoms with Gasteiger partial charge in [-0.15, -0.1) is 12.8 Å². The fraction of sp³-hybridized carbons (Fsp3) is 0.632. The summed E-state index contributed by atoms with van der Waals surface area (Å²) in [6, 6.07) is -1.08. The Morgan fingerprint density at radius 3 is 2.21 bits per heavy atom. The predicted octanol–water partition coefficient (Wildman–Crippen LogP) is 6.73. The number of nitrogens with one attached hydrogen (secondary N) is 3. The van der Waals surface area contributed by atoms with Crippen molar-refractivity contribution in [3.05, 3.63) is 45.7 Å². The first-order valence-corrected chi connectivity index (χ1v) is 18.9. The zero-order chi connectivity index (χ0) is 42.8. The molecule has 1 fully saturated rings. The lowest BCUT2D eigenvalue weighted by molar-refractivity contribution is -0.301. The lowest BCUT2D eigenvalue weighted by Gasteiger charge is -2.36. The van der Waals surface area contributed by atoms with Crippen LogP contribution in [0.1, 0.15) is 115 Å². The van der Waals surface area contributed by atoms with Crippen LogP contribution in [0.5, 0.6) is 5.75 Å². The second-order valence-electron chi connectivity index (χ2n) is 13.0. The van der Waals surface area contributed by atoms with Gasteiger partial charge in [0.05, 0.1) is 11.4 Å². The van der Waals surface area contributed by atoms with Gasteiger partial charge in [0.2, 0.25) is 5.91 Å². The number of aryl methyl sites for hydroxylation is 2. The number of unbranched alkanes of at least 4 members (excludes halogenated alkanes) is 2.